The SMILES string of the molecule is COCc1cncc2ccccc12. The molecule has 13 heavy (non-hydrogen) atoms. The van der Waals surface area contributed by atoms with Crippen LogP contribution in [0, 0.1) is 0 Å². The number of aromatic nitrogens is 1. The quantitative estimate of drug-likeness (QED) is 0.695. The van der Waals surface area contributed by atoms with Gasteiger partial charge in [-0.25, -0.2) is 0 Å². The van der Waals surface area contributed by atoms with Gasteiger partial charge in [-0.05, 0) is 5.39 Å². The van der Waals surface area contributed by atoms with Gasteiger partial charge in [0.15, 0.2) is 0 Å². The van der Waals surface area contributed by atoms with Crippen molar-refractivity contribution in [2.75, 3.05) is 7.11 Å². The fraction of sp³-hybridized carbons (Fsp3) is 0.182. The average Bonchev–Trinajstić information content (AvgIpc) is 2.19. The predicted octanol–water partition coefficient (Wildman–Crippen LogP) is 2.38. The van der Waals surface area contributed by atoms with Gasteiger partial charge in [-0.3, -0.25) is 4.98 Å². The number of methoxy groups -OCH3 is 1. The summed E-state index contributed by atoms with van der Waals surface area (Å²) in [5.41, 5.74) is 1.14. The Morgan fingerprint density at radius 1 is 1.23 bits per heavy atom. The van der Waals surface area contributed by atoms with E-state index in [0.29, 0.717) is 6.61 Å². The molecule has 0 unspecified atom stereocenters. The average molecular weight is 173 g/mol. The van der Waals surface area contributed by atoms with Crippen LogP contribution in [0.5, 0.6) is 0 Å². The van der Waals surface area contributed by atoms with Gasteiger partial charge in [0.25, 0.3) is 0 Å². The Kier molecular flexibility index (Phi) is 2.23. The van der Waals surface area contributed by atoms with Gasteiger partial charge >= 0.3 is 0 Å². The molecule has 0 aliphatic rings. The first-order chi connectivity index (χ1) is 6.42. The summed E-state index contributed by atoms with van der Waals surface area (Å²) in [4.78, 5) is 4.15. The molecule has 1 aromatic carbocycles. The standard InChI is InChI=1S/C11H11NO/c1-13-8-10-7-12-6-9-4-2-3-5-11(9)10/h2-7H,8H2,1H3. The van der Waals surface area contributed by atoms with Crippen LogP contribution in [0.25, 0.3) is 10.8 Å². The lowest BCUT2D eigenvalue weighted by atomic mass is 10.1. The van der Waals surface area contributed by atoms with E-state index in [9.17, 15) is 0 Å². The van der Waals surface area contributed by atoms with Crippen molar-refractivity contribution >= 4 is 10.8 Å². The molecule has 0 saturated heterocycles. The van der Waals surface area contributed by atoms with Gasteiger partial charge in [0, 0.05) is 30.5 Å². The lowest BCUT2D eigenvalue weighted by molar-refractivity contribution is 0.185. The minimum atomic E-state index is 0.619. The molecule has 0 saturated carbocycles. The normalized spacial score (nSPS) is 10.5. The second kappa shape index (κ2) is 3.54. The van der Waals surface area contributed by atoms with Crippen molar-refractivity contribution in [1.29, 1.82) is 0 Å². The molecule has 0 aliphatic heterocycles. The van der Waals surface area contributed by atoms with E-state index in [1.807, 2.05) is 24.5 Å². The monoisotopic (exact) mass is 173 g/mol. The van der Waals surface area contributed by atoms with Crippen LogP contribution in [0.4, 0.5) is 0 Å². The summed E-state index contributed by atoms with van der Waals surface area (Å²) in [6, 6.07) is 8.19. The van der Waals surface area contributed by atoms with Gasteiger partial charge in [-0.2, -0.15) is 0 Å². The maximum Gasteiger partial charge on any atom is 0.0734 e. The largest absolute Gasteiger partial charge is 0.380 e. The first kappa shape index (κ1) is 8.20. The Hall–Kier alpha value is -1.41. The van der Waals surface area contributed by atoms with Crippen LogP contribution < -0.4 is 0 Å². The van der Waals surface area contributed by atoms with Crippen LogP contribution in [0.3, 0.4) is 0 Å². The van der Waals surface area contributed by atoms with Crippen molar-refractivity contribution in [3.63, 3.8) is 0 Å². The summed E-state index contributed by atoms with van der Waals surface area (Å²) >= 11 is 0. The Morgan fingerprint density at radius 2 is 2.08 bits per heavy atom. The highest BCUT2D eigenvalue weighted by Crippen LogP contribution is 2.17. The fourth-order valence-corrected chi connectivity index (χ4v) is 1.45. The minimum absolute atomic E-state index is 0.619. The van der Waals surface area contributed by atoms with E-state index >= 15 is 0 Å². The van der Waals surface area contributed by atoms with E-state index in [2.05, 4.69) is 17.1 Å². The topological polar surface area (TPSA) is 22.1 Å². The molecular formula is C11H11NO. The van der Waals surface area contributed by atoms with Gasteiger partial charge in [0.05, 0.1) is 6.61 Å². The second-order valence-corrected chi connectivity index (χ2v) is 2.95. The van der Waals surface area contributed by atoms with Crippen LogP contribution in [0.15, 0.2) is 36.7 Å². The number of rotatable bonds is 2. The van der Waals surface area contributed by atoms with Crippen LogP contribution in [-0.4, -0.2) is 12.1 Å². The van der Waals surface area contributed by atoms with E-state index in [4.69, 9.17) is 4.74 Å². The molecule has 0 amide bonds. The predicted molar refractivity (Wildman–Crippen MR) is 52.5 cm³/mol. The van der Waals surface area contributed by atoms with Crippen molar-refractivity contribution in [1.82, 2.24) is 4.98 Å². The molecule has 2 nitrogen and oxygen atoms in total. The Morgan fingerprint density at radius 3 is 2.92 bits per heavy atom. The third kappa shape index (κ3) is 1.53. The summed E-state index contributed by atoms with van der Waals surface area (Å²) in [7, 11) is 1.70. The van der Waals surface area contributed by atoms with E-state index < -0.39 is 0 Å². The van der Waals surface area contributed by atoms with Gasteiger partial charge in [-0.15, -0.1) is 0 Å². The molecule has 0 radical (unpaired) electrons. The Labute approximate surface area is 77.2 Å². The number of nitrogens with zero attached hydrogens (tertiary/aromatic N) is 1. The fourth-order valence-electron chi connectivity index (χ4n) is 1.45. The third-order valence-electron chi connectivity index (χ3n) is 2.05. The van der Waals surface area contributed by atoms with Gasteiger partial charge in [-0.1, -0.05) is 24.3 Å². The molecule has 2 rings (SSSR count). The van der Waals surface area contributed by atoms with E-state index in [0.717, 1.165) is 10.9 Å². The maximum atomic E-state index is 5.10. The summed E-state index contributed by atoms with van der Waals surface area (Å²) in [5, 5.41) is 2.39. The van der Waals surface area contributed by atoms with Crippen molar-refractivity contribution in [3.8, 4) is 0 Å². The van der Waals surface area contributed by atoms with E-state index in [-0.39, 0.29) is 0 Å². The summed E-state index contributed by atoms with van der Waals surface area (Å²) in [6.07, 6.45) is 3.72. The molecule has 66 valence electrons. The molecule has 0 fully saturated rings. The number of hydrogen-bond acceptors (Lipinski definition) is 2. The molecular weight excluding hydrogens is 162 g/mol. The second-order valence-electron chi connectivity index (χ2n) is 2.95. The van der Waals surface area contributed by atoms with Crippen LogP contribution >= 0.6 is 0 Å². The number of pyridine rings is 1. The molecule has 2 aromatic rings. The van der Waals surface area contributed by atoms with Crippen LogP contribution in [-0.2, 0) is 11.3 Å². The smallest absolute Gasteiger partial charge is 0.0734 e. The minimum Gasteiger partial charge on any atom is -0.380 e. The molecule has 1 aromatic heterocycles. The van der Waals surface area contributed by atoms with E-state index in [1.165, 1.54) is 5.39 Å². The lowest BCUT2D eigenvalue weighted by Gasteiger charge is -2.03. The Bertz CT molecular complexity index is 406. The zero-order chi connectivity index (χ0) is 9.10. The first-order valence-electron chi connectivity index (χ1n) is 4.22. The lowest BCUT2D eigenvalue weighted by Crippen LogP contribution is -1.90. The van der Waals surface area contributed by atoms with Crippen molar-refractivity contribution in [2.24, 2.45) is 0 Å². The zero-order valence-electron chi connectivity index (χ0n) is 7.53. The molecule has 0 bridgehead atoms. The maximum absolute atomic E-state index is 5.10. The molecule has 0 N–H and O–H groups in total. The highest BCUT2D eigenvalue weighted by molar-refractivity contribution is 5.84. The summed E-state index contributed by atoms with van der Waals surface area (Å²) in [5.74, 6) is 0. The molecule has 0 spiro atoms. The van der Waals surface area contributed by atoms with Gasteiger partial charge in [0.1, 0.15) is 0 Å². The van der Waals surface area contributed by atoms with Crippen molar-refractivity contribution in [2.45, 2.75) is 6.61 Å². The van der Waals surface area contributed by atoms with Crippen molar-refractivity contribution < 1.29 is 4.74 Å². The molecule has 0 aliphatic carbocycles. The van der Waals surface area contributed by atoms with Gasteiger partial charge in [0.2, 0.25) is 0 Å². The summed E-state index contributed by atoms with van der Waals surface area (Å²) < 4.78 is 5.10. The van der Waals surface area contributed by atoms with Crippen molar-refractivity contribution in [3.05, 3.63) is 42.2 Å². The highest BCUT2D eigenvalue weighted by Gasteiger charge is 1.98. The summed E-state index contributed by atoms with van der Waals surface area (Å²) in [6.45, 7) is 0.619. The number of fused-ring (bicyclic) bond motifs is 1. The molecule has 0 atom stereocenters. The van der Waals surface area contributed by atoms with Crippen LogP contribution in [0.2, 0.25) is 0 Å². The van der Waals surface area contributed by atoms with Crippen LogP contribution in [0.1, 0.15) is 5.56 Å². The molecule has 2 heteroatoms. The van der Waals surface area contributed by atoms with Gasteiger partial charge < -0.3 is 4.74 Å². The number of benzene rings is 1. The number of ether oxygens (including phenoxy) is 1. The molecule has 1 heterocycles. The number of hydrogen-bond donors (Lipinski definition) is 0. The Balaban J connectivity index is 2.61. The zero-order valence-corrected chi connectivity index (χ0v) is 7.53. The highest BCUT2D eigenvalue weighted by atomic mass is 16.5. The van der Waals surface area contributed by atoms with E-state index in [1.54, 1.807) is 7.11 Å². The first-order valence-corrected chi connectivity index (χ1v) is 4.22. The third-order valence-corrected chi connectivity index (χ3v) is 2.05.